The summed E-state index contributed by atoms with van der Waals surface area (Å²) in [5.41, 5.74) is 1.85. The van der Waals surface area contributed by atoms with Crippen LogP contribution in [0.2, 0.25) is 0 Å². The van der Waals surface area contributed by atoms with Gasteiger partial charge in [-0.3, -0.25) is 13.9 Å². The zero-order chi connectivity index (χ0) is 26.3. The van der Waals surface area contributed by atoms with Crippen LogP contribution in [0.15, 0.2) is 83.8 Å². The normalized spacial score (nSPS) is 11.9. The molecule has 0 aliphatic rings. The Morgan fingerprint density at radius 3 is 2.17 bits per heavy atom. The number of amides is 2. The van der Waals surface area contributed by atoms with Gasteiger partial charge in [-0.05, 0) is 49.2 Å². The Hall–Kier alpha value is -3.85. The van der Waals surface area contributed by atoms with Crippen molar-refractivity contribution in [2.45, 2.75) is 31.3 Å². The summed E-state index contributed by atoms with van der Waals surface area (Å²) in [6, 6.07) is 21.4. The number of carbonyl (C=O) groups excluding carboxylic acids is 2. The summed E-state index contributed by atoms with van der Waals surface area (Å²) in [6.45, 7) is 3.06. The maximum Gasteiger partial charge on any atom is 0.264 e. The van der Waals surface area contributed by atoms with Crippen molar-refractivity contribution in [1.82, 2.24) is 10.2 Å². The van der Waals surface area contributed by atoms with Gasteiger partial charge in [-0.25, -0.2) is 8.42 Å². The molecule has 0 saturated heterocycles. The van der Waals surface area contributed by atoms with Gasteiger partial charge in [-0.1, -0.05) is 54.6 Å². The Morgan fingerprint density at radius 2 is 1.58 bits per heavy atom. The van der Waals surface area contributed by atoms with E-state index in [1.807, 2.05) is 37.3 Å². The minimum atomic E-state index is -4.15. The van der Waals surface area contributed by atoms with Gasteiger partial charge in [0, 0.05) is 13.6 Å². The number of anilines is 1. The van der Waals surface area contributed by atoms with Gasteiger partial charge >= 0.3 is 0 Å². The molecule has 36 heavy (non-hydrogen) atoms. The van der Waals surface area contributed by atoms with Gasteiger partial charge in [0.25, 0.3) is 10.0 Å². The molecule has 0 aliphatic heterocycles. The number of hydrogen-bond acceptors (Lipinski definition) is 5. The zero-order valence-electron chi connectivity index (χ0n) is 20.8. The van der Waals surface area contributed by atoms with E-state index in [9.17, 15) is 18.0 Å². The fraction of sp³-hybridized carbons (Fsp3) is 0.259. The fourth-order valence-electron chi connectivity index (χ4n) is 3.80. The first-order valence-electron chi connectivity index (χ1n) is 11.5. The minimum Gasteiger partial charge on any atom is -0.495 e. The molecule has 0 aliphatic carbocycles. The van der Waals surface area contributed by atoms with Crippen LogP contribution < -0.4 is 14.4 Å². The Bertz CT molecular complexity index is 1300. The highest BCUT2D eigenvalue weighted by Crippen LogP contribution is 2.33. The van der Waals surface area contributed by atoms with Gasteiger partial charge < -0.3 is 15.0 Å². The Labute approximate surface area is 212 Å². The lowest BCUT2D eigenvalue weighted by atomic mass is 10.1. The standard InChI is InChI=1S/C27H31N3O5S/c1-20-15-16-25(35-4)24(17-20)30(36(33,34)23-13-9-6-10-14-23)19-26(31)29(21(2)27(32)28-3)18-22-11-7-5-8-12-22/h5-17,21H,18-19H2,1-4H3,(H,28,32)/t21-/m1/s1. The highest BCUT2D eigenvalue weighted by molar-refractivity contribution is 7.92. The fourth-order valence-corrected chi connectivity index (χ4v) is 5.24. The third kappa shape index (κ3) is 6.04. The van der Waals surface area contributed by atoms with Crippen molar-refractivity contribution in [3.63, 3.8) is 0 Å². The topological polar surface area (TPSA) is 96.0 Å². The van der Waals surface area contributed by atoms with Gasteiger partial charge in [0.15, 0.2) is 0 Å². The molecule has 1 N–H and O–H groups in total. The number of methoxy groups -OCH3 is 1. The van der Waals surface area contributed by atoms with E-state index in [1.54, 1.807) is 43.3 Å². The number of carbonyl (C=O) groups is 2. The summed E-state index contributed by atoms with van der Waals surface area (Å²) in [4.78, 5) is 27.7. The van der Waals surface area contributed by atoms with Crippen molar-refractivity contribution in [3.05, 3.63) is 90.0 Å². The van der Waals surface area contributed by atoms with E-state index < -0.39 is 28.5 Å². The second-order valence-electron chi connectivity index (χ2n) is 8.30. The van der Waals surface area contributed by atoms with Crippen LogP contribution in [0.1, 0.15) is 18.1 Å². The summed E-state index contributed by atoms with van der Waals surface area (Å²) < 4.78 is 34.1. The van der Waals surface area contributed by atoms with Crippen LogP contribution in [0.4, 0.5) is 5.69 Å². The molecule has 0 heterocycles. The molecular formula is C27H31N3O5S. The third-order valence-electron chi connectivity index (χ3n) is 5.82. The summed E-state index contributed by atoms with van der Waals surface area (Å²) >= 11 is 0. The largest absolute Gasteiger partial charge is 0.495 e. The first-order valence-corrected chi connectivity index (χ1v) is 12.9. The number of ether oxygens (including phenoxy) is 1. The van der Waals surface area contributed by atoms with E-state index >= 15 is 0 Å². The Balaban J connectivity index is 2.09. The van der Waals surface area contributed by atoms with Crippen molar-refractivity contribution in [2.24, 2.45) is 0 Å². The van der Waals surface area contributed by atoms with Gasteiger partial charge in [0.2, 0.25) is 11.8 Å². The maximum absolute atomic E-state index is 13.8. The number of nitrogens with zero attached hydrogens (tertiary/aromatic N) is 2. The van der Waals surface area contributed by atoms with Gasteiger partial charge in [-0.2, -0.15) is 0 Å². The van der Waals surface area contributed by atoms with Gasteiger partial charge in [0.1, 0.15) is 18.3 Å². The summed E-state index contributed by atoms with van der Waals surface area (Å²) in [5, 5.41) is 2.57. The van der Waals surface area contributed by atoms with Crippen molar-refractivity contribution < 1.29 is 22.7 Å². The molecule has 0 bridgehead atoms. The van der Waals surface area contributed by atoms with Gasteiger partial charge in [-0.15, -0.1) is 0 Å². The van der Waals surface area contributed by atoms with Crippen LogP contribution in [-0.4, -0.2) is 51.9 Å². The molecule has 0 unspecified atom stereocenters. The average molecular weight is 510 g/mol. The van der Waals surface area contributed by atoms with Crippen LogP contribution >= 0.6 is 0 Å². The first-order chi connectivity index (χ1) is 17.2. The summed E-state index contributed by atoms with van der Waals surface area (Å²) in [5.74, 6) is -0.579. The van der Waals surface area contributed by atoms with Crippen molar-refractivity contribution in [1.29, 1.82) is 0 Å². The van der Waals surface area contributed by atoms with E-state index in [4.69, 9.17) is 4.74 Å². The molecule has 3 aromatic rings. The SMILES string of the molecule is CNC(=O)[C@@H](C)N(Cc1ccccc1)C(=O)CN(c1cc(C)ccc1OC)S(=O)(=O)c1ccccc1. The predicted octanol–water partition coefficient (Wildman–Crippen LogP) is 3.36. The molecule has 0 fully saturated rings. The van der Waals surface area contributed by atoms with E-state index in [2.05, 4.69) is 5.32 Å². The maximum atomic E-state index is 13.8. The molecular weight excluding hydrogens is 478 g/mol. The third-order valence-corrected chi connectivity index (χ3v) is 7.60. The molecule has 0 radical (unpaired) electrons. The van der Waals surface area contributed by atoms with Crippen molar-refractivity contribution in [3.8, 4) is 5.75 Å². The van der Waals surface area contributed by atoms with E-state index in [-0.39, 0.29) is 23.0 Å². The molecule has 0 aromatic heterocycles. The summed E-state index contributed by atoms with van der Waals surface area (Å²) in [6.07, 6.45) is 0. The molecule has 9 heteroatoms. The lowest BCUT2D eigenvalue weighted by Crippen LogP contribution is -2.50. The average Bonchev–Trinajstić information content (AvgIpc) is 2.90. The van der Waals surface area contributed by atoms with Crippen LogP contribution in [-0.2, 0) is 26.2 Å². The quantitative estimate of drug-likeness (QED) is 0.452. The smallest absolute Gasteiger partial charge is 0.264 e. The second kappa shape index (κ2) is 11.7. The lowest BCUT2D eigenvalue weighted by molar-refractivity contribution is -0.139. The number of sulfonamides is 1. The highest BCUT2D eigenvalue weighted by atomic mass is 32.2. The predicted molar refractivity (Wildman–Crippen MR) is 139 cm³/mol. The van der Waals surface area contributed by atoms with Crippen molar-refractivity contribution >= 4 is 27.5 Å². The van der Waals surface area contributed by atoms with E-state index in [1.165, 1.54) is 31.2 Å². The molecule has 3 rings (SSSR count). The Kier molecular flexibility index (Phi) is 8.71. The van der Waals surface area contributed by atoms with Crippen LogP contribution in [0.5, 0.6) is 5.75 Å². The highest BCUT2D eigenvalue weighted by Gasteiger charge is 2.33. The number of nitrogens with one attached hydrogen (secondary N) is 1. The van der Waals surface area contributed by atoms with Crippen LogP contribution in [0.3, 0.4) is 0 Å². The van der Waals surface area contributed by atoms with Crippen LogP contribution in [0.25, 0.3) is 0 Å². The number of hydrogen-bond donors (Lipinski definition) is 1. The molecule has 8 nitrogen and oxygen atoms in total. The van der Waals surface area contributed by atoms with E-state index in [0.29, 0.717) is 5.75 Å². The minimum absolute atomic E-state index is 0.0373. The van der Waals surface area contributed by atoms with E-state index in [0.717, 1.165) is 15.4 Å². The number of rotatable bonds is 10. The number of aryl methyl sites for hydroxylation is 1. The summed E-state index contributed by atoms with van der Waals surface area (Å²) in [7, 11) is -1.21. The molecule has 3 aromatic carbocycles. The lowest BCUT2D eigenvalue weighted by Gasteiger charge is -2.32. The first kappa shape index (κ1) is 26.7. The molecule has 0 saturated carbocycles. The van der Waals surface area contributed by atoms with Gasteiger partial charge in [0.05, 0.1) is 17.7 Å². The molecule has 1 atom stereocenters. The van der Waals surface area contributed by atoms with Crippen LogP contribution in [0, 0.1) is 6.92 Å². The van der Waals surface area contributed by atoms with Crippen molar-refractivity contribution in [2.75, 3.05) is 25.0 Å². The monoisotopic (exact) mass is 509 g/mol. The zero-order valence-corrected chi connectivity index (χ0v) is 21.7. The molecule has 2 amide bonds. The second-order valence-corrected chi connectivity index (χ2v) is 10.2. The molecule has 190 valence electrons. The Morgan fingerprint density at radius 1 is 0.972 bits per heavy atom. The molecule has 0 spiro atoms. The number of likely N-dealkylation sites (N-methyl/N-ethyl adjacent to an activating group) is 1. The number of benzene rings is 3.